The van der Waals surface area contributed by atoms with Crippen LogP contribution < -0.4 is 14.8 Å². The van der Waals surface area contributed by atoms with Crippen molar-refractivity contribution < 1.29 is 9.47 Å². The maximum Gasteiger partial charge on any atom is 0.175 e. The first-order chi connectivity index (χ1) is 9.62. The molecule has 3 nitrogen and oxygen atoms in total. The lowest BCUT2D eigenvalue weighted by molar-refractivity contribution is 0.239. The predicted molar refractivity (Wildman–Crippen MR) is 87.6 cm³/mol. The summed E-state index contributed by atoms with van der Waals surface area (Å²) in [4.78, 5) is 0. The van der Waals surface area contributed by atoms with Crippen LogP contribution in [-0.2, 0) is 6.54 Å². The normalized spacial score (nSPS) is 12.2. The molecule has 0 spiro atoms. The van der Waals surface area contributed by atoms with Gasteiger partial charge in [-0.2, -0.15) is 0 Å². The zero-order chi connectivity index (χ0) is 15.0. The van der Waals surface area contributed by atoms with Crippen molar-refractivity contribution in [1.29, 1.82) is 0 Å². The molecule has 1 rings (SSSR count). The molecule has 1 N–H and O–H groups in total. The average molecular weight is 344 g/mol. The minimum absolute atomic E-state index is 0.554. The second-order valence-corrected chi connectivity index (χ2v) is 5.95. The van der Waals surface area contributed by atoms with E-state index in [-0.39, 0.29) is 0 Å². The summed E-state index contributed by atoms with van der Waals surface area (Å²) in [7, 11) is 1.68. The molecule has 1 aromatic carbocycles. The highest BCUT2D eigenvalue weighted by atomic mass is 79.9. The van der Waals surface area contributed by atoms with Gasteiger partial charge < -0.3 is 14.8 Å². The van der Waals surface area contributed by atoms with Crippen LogP contribution >= 0.6 is 15.9 Å². The van der Waals surface area contributed by atoms with Gasteiger partial charge in [0.15, 0.2) is 11.5 Å². The second-order valence-electron chi connectivity index (χ2n) is 5.09. The maximum atomic E-state index is 5.94. The highest BCUT2D eigenvalue weighted by Crippen LogP contribution is 2.37. The van der Waals surface area contributed by atoms with Gasteiger partial charge in [0.1, 0.15) is 0 Å². The number of benzene rings is 1. The third kappa shape index (κ3) is 5.33. The zero-order valence-corrected chi connectivity index (χ0v) is 14.5. The monoisotopic (exact) mass is 343 g/mol. The highest BCUT2D eigenvalue weighted by Gasteiger charge is 2.13. The Morgan fingerprint density at radius 2 is 2.05 bits per heavy atom. The molecule has 20 heavy (non-hydrogen) atoms. The van der Waals surface area contributed by atoms with Crippen LogP contribution in [0.5, 0.6) is 11.5 Å². The Bertz CT molecular complexity index is 410. The number of hydrogen-bond acceptors (Lipinski definition) is 3. The number of hydrogen-bond donors (Lipinski definition) is 1. The number of rotatable bonds is 9. The molecule has 0 aliphatic heterocycles. The van der Waals surface area contributed by atoms with Crippen molar-refractivity contribution in [3.8, 4) is 11.5 Å². The van der Waals surface area contributed by atoms with Gasteiger partial charge in [-0.05, 0) is 52.5 Å². The summed E-state index contributed by atoms with van der Waals surface area (Å²) in [5.41, 5.74) is 1.18. The molecule has 0 amide bonds. The molecule has 0 aliphatic rings. The van der Waals surface area contributed by atoms with Crippen molar-refractivity contribution in [1.82, 2.24) is 5.32 Å². The van der Waals surface area contributed by atoms with E-state index in [0.717, 1.165) is 35.7 Å². The number of ether oxygens (including phenoxy) is 2. The van der Waals surface area contributed by atoms with E-state index in [4.69, 9.17) is 9.47 Å². The van der Waals surface area contributed by atoms with E-state index in [9.17, 15) is 0 Å². The van der Waals surface area contributed by atoms with E-state index in [0.29, 0.717) is 5.92 Å². The molecule has 114 valence electrons. The minimum Gasteiger partial charge on any atom is -0.493 e. The van der Waals surface area contributed by atoms with Crippen LogP contribution in [0, 0.1) is 5.92 Å². The first-order valence-corrected chi connectivity index (χ1v) is 8.11. The fraction of sp³-hybridized carbons (Fsp3) is 0.625. The summed E-state index contributed by atoms with van der Waals surface area (Å²) in [6.07, 6.45) is 2.36. The quantitative estimate of drug-likeness (QED) is 0.721. The van der Waals surface area contributed by atoms with Crippen LogP contribution in [0.2, 0.25) is 0 Å². The summed E-state index contributed by atoms with van der Waals surface area (Å²) in [6, 6.07) is 4.12. The summed E-state index contributed by atoms with van der Waals surface area (Å²) < 4.78 is 12.3. The summed E-state index contributed by atoms with van der Waals surface area (Å²) >= 11 is 3.59. The van der Waals surface area contributed by atoms with E-state index in [1.807, 2.05) is 6.07 Å². The lowest BCUT2D eigenvalue weighted by Gasteiger charge is -2.17. The minimum atomic E-state index is 0.554. The van der Waals surface area contributed by atoms with Crippen LogP contribution in [0.1, 0.15) is 39.2 Å². The summed E-state index contributed by atoms with van der Waals surface area (Å²) in [5, 5.41) is 3.31. The maximum absolute atomic E-state index is 5.94. The Hall–Kier alpha value is -0.740. The van der Waals surface area contributed by atoms with Crippen LogP contribution in [0.25, 0.3) is 0 Å². The van der Waals surface area contributed by atoms with E-state index in [1.54, 1.807) is 7.11 Å². The van der Waals surface area contributed by atoms with Crippen molar-refractivity contribution >= 4 is 15.9 Å². The second kappa shape index (κ2) is 9.24. The van der Waals surface area contributed by atoms with Gasteiger partial charge in [0.25, 0.3) is 0 Å². The molecule has 0 heterocycles. The predicted octanol–water partition coefficient (Wildman–Crippen LogP) is 4.38. The third-order valence-corrected chi connectivity index (χ3v) is 3.75. The standard InChI is InChI=1S/C16H26BrNO2/c1-5-7-12(3)11-20-16-14(17)8-13(10-18-6-2)9-15(16)19-4/h8-9,12,18H,5-7,10-11H2,1-4H3. The Morgan fingerprint density at radius 3 is 2.65 bits per heavy atom. The molecular formula is C16H26BrNO2. The number of halogens is 1. The molecule has 4 heteroatoms. The SMILES string of the molecule is CCCC(C)COc1c(Br)cc(CNCC)cc1OC. The topological polar surface area (TPSA) is 30.5 Å². The lowest BCUT2D eigenvalue weighted by Crippen LogP contribution is -2.12. The molecule has 0 saturated heterocycles. The zero-order valence-electron chi connectivity index (χ0n) is 13.0. The van der Waals surface area contributed by atoms with Crippen molar-refractivity contribution in [3.63, 3.8) is 0 Å². The highest BCUT2D eigenvalue weighted by molar-refractivity contribution is 9.10. The van der Waals surface area contributed by atoms with Gasteiger partial charge in [-0.1, -0.05) is 27.2 Å². The molecule has 0 radical (unpaired) electrons. The van der Waals surface area contributed by atoms with Crippen molar-refractivity contribution in [2.24, 2.45) is 5.92 Å². The van der Waals surface area contributed by atoms with E-state index in [1.165, 1.54) is 18.4 Å². The summed E-state index contributed by atoms with van der Waals surface area (Å²) in [5.74, 6) is 2.14. The molecule has 0 aliphatic carbocycles. The van der Waals surface area contributed by atoms with Crippen molar-refractivity contribution in [2.45, 2.75) is 40.2 Å². The van der Waals surface area contributed by atoms with Gasteiger partial charge in [0.05, 0.1) is 18.2 Å². The lowest BCUT2D eigenvalue weighted by atomic mass is 10.1. The van der Waals surface area contributed by atoms with Crippen LogP contribution in [-0.4, -0.2) is 20.3 Å². The fourth-order valence-corrected chi connectivity index (χ4v) is 2.69. The largest absolute Gasteiger partial charge is 0.493 e. The molecule has 1 unspecified atom stereocenters. The first-order valence-electron chi connectivity index (χ1n) is 7.32. The van der Waals surface area contributed by atoms with Crippen LogP contribution in [0.15, 0.2) is 16.6 Å². The van der Waals surface area contributed by atoms with Crippen molar-refractivity contribution in [2.75, 3.05) is 20.3 Å². The van der Waals surface area contributed by atoms with Gasteiger partial charge in [-0.15, -0.1) is 0 Å². The number of methoxy groups -OCH3 is 1. The van der Waals surface area contributed by atoms with Crippen molar-refractivity contribution in [3.05, 3.63) is 22.2 Å². The Kier molecular flexibility index (Phi) is 8.00. The smallest absolute Gasteiger partial charge is 0.175 e. The third-order valence-electron chi connectivity index (χ3n) is 3.16. The van der Waals surface area contributed by atoms with E-state index >= 15 is 0 Å². The average Bonchev–Trinajstić information content (AvgIpc) is 2.43. The molecule has 1 aromatic rings. The molecule has 0 bridgehead atoms. The summed E-state index contributed by atoms with van der Waals surface area (Å²) in [6.45, 7) is 9.00. The van der Waals surface area contributed by atoms with Gasteiger partial charge in [0.2, 0.25) is 0 Å². The van der Waals surface area contributed by atoms with Crippen LogP contribution in [0.3, 0.4) is 0 Å². The molecule has 0 fully saturated rings. The van der Waals surface area contributed by atoms with E-state index in [2.05, 4.69) is 48.1 Å². The van der Waals surface area contributed by atoms with Crippen LogP contribution in [0.4, 0.5) is 0 Å². The molecular weight excluding hydrogens is 318 g/mol. The van der Waals surface area contributed by atoms with Gasteiger partial charge >= 0.3 is 0 Å². The van der Waals surface area contributed by atoms with Gasteiger partial charge in [-0.25, -0.2) is 0 Å². The molecule has 1 atom stereocenters. The van der Waals surface area contributed by atoms with E-state index < -0.39 is 0 Å². The molecule has 0 aromatic heterocycles. The Labute approximate surface area is 131 Å². The fourth-order valence-electron chi connectivity index (χ4n) is 2.09. The van der Waals surface area contributed by atoms with Gasteiger partial charge in [-0.3, -0.25) is 0 Å². The Balaban J connectivity index is 2.79. The first kappa shape index (κ1) is 17.3. The molecule has 0 saturated carbocycles. The van der Waals surface area contributed by atoms with Gasteiger partial charge in [0, 0.05) is 6.54 Å². The Morgan fingerprint density at radius 1 is 1.30 bits per heavy atom. The number of nitrogens with one attached hydrogen (secondary N) is 1.